The molecule has 4 heteroatoms. The molecule has 0 saturated heterocycles. The Hall–Kier alpha value is -4.93. The Bertz CT molecular complexity index is 1850. The molecule has 0 amide bonds. The first kappa shape index (κ1) is 23.2. The smallest absolute Gasteiger partial charge is 0.195 e. The lowest BCUT2D eigenvalue weighted by Gasteiger charge is -2.24. The molecule has 0 N–H and O–H groups in total. The maximum Gasteiger partial charge on any atom is 0.195 e. The molecule has 0 saturated carbocycles. The molecule has 0 aliphatic heterocycles. The number of rotatable bonds is 4. The largest absolute Gasteiger partial charge is 0.295 e. The van der Waals surface area contributed by atoms with Gasteiger partial charge in [0.1, 0.15) is 5.82 Å². The third kappa shape index (κ3) is 4.12. The summed E-state index contributed by atoms with van der Waals surface area (Å²) < 4.78 is 0. The number of hydrogen-bond acceptors (Lipinski definition) is 4. The zero-order valence-electron chi connectivity index (χ0n) is 20.9. The van der Waals surface area contributed by atoms with Crippen molar-refractivity contribution in [3.05, 3.63) is 150 Å². The van der Waals surface area contributed by atoms with Gasteiger partial charge in [0.2, 0.25) is 0 Å². The summed E-state index contributed by atoms with van der Waals surface area (Å²) in [6, 6.07) is 40.8. The van der Waals surface area contributed by atoms with Crippen molar-refractivity contribution in [1.29, 1.82) is 0 Å². The predicted octanol–water partition coefficient (Wildman–Crippen LogP) is 8.86. The number of allylic oxidation sites excluding steroid dienone is 1. The monoisotopic (exact) mass is 518 g/mol. The van der Waals surface area contributed by atoms with Crippen LogP contribution >= 0.6 is 12.2 Å². The normalized spacial score (nSPS) is 13.8. The first-order chi connectivity index (χ1) is 19.2. The summed E-state index contributed by atoms with van der Waals surface area (Å²) >= 11 is 5.77. The maximum absolute atomic E-state index is 13.3. The number of carbonyl (C=O) groups is 1. The van der Waals surface area contributed by atoms with Crippen molar-refractivity contribution < 1.29 is 4.79 Å². The SMILES string of the molecule is O=C1C(=Cc2ccc3cc(N(c4ccccc4)c4ccccn4)ccc3c2)C(=S)c2cc3ccccc3cc21. The molecule has 0 spiro atoms. The van der Waals surface area contributed by atoms with Crippen LogP contribution in [0.25, 0.3) is 27.6 Å². The highest BCUT2D eigenvalue weighted by Crippen LogP contribution is 2.36. The fourth-order valence-electron chi connectivity index (χ4n) is 5.26. The van der Waals surface area contributed by atoms with Gasteiger partial charge in [-0.1, -0.05) is 78.9 Å². The van der Waals surface area contributed by atoms with Gasteiger partial charge in [0.05, 0.1) is 4.86 Å². The second kappa shape index (κ2) is 9.43. The summed E-state index contributed by atoms with van der Waals surface area (Å²) in [6.45, 7) is 0. The second-order valence-electron chi connectivity index (χ2n) is 9.61. The fraction of sp³-hybridized carbons (Fsp3) is 0. The number of fused-ring (bicyclic) bond motifs is 3. The van der Waals surface area contributed by atoms with Crippen molar-refractivity contribution in [2.75, 3.05) is 4.90 Å². The number of hydrogen-bond donors (Lipinski definition) is 0. The lowest BCUT2D eigenvalue weighted by molar-refractivity contribution is 0.104. The van der Waals surface area contributed by atoms with Crippen LogP contribution in [0, 0.1) is 0 Å². The van der Waals surface area contributed by atoms with Crippen LogP contribution in [0.1, 0.15) is 21.5 Å². The minimum Gasteiger partial charge on any atom is -0.295 e. The Kier molecular flexibility index (Phi) is 5.61. The van der Waals surface area contributed by atoms with Crippen molar-refractivity contribution in [2.24, 2.45) is 0 Å². The molecule has 0 bridgehead atoms. The predicted molar refractivity (Wildman–Crippen MR) is 164 cm³/mol. The van der Waals surface area contributed by atoms with Gasteiger partial charge in [-0.05, 0) is 87.8 Å². The van der Waals surface area contributed by atoms with Gasteiger partial charge in [0, 0.05) is 34.3 Å². The highest BCUT2D eigenvalue weighted by atomic mass is 32.1. The van der Waals surface area contributed by atoms with Crippen LogP contribution in [0.2, 0.25) is 0 Å². The topological polar surface area (TPSA) is 33.2 Å². The van der Waals surface area contributed by atoms with Gasteiger partial charge in [-0.3, -0.25) is 9.69 Å². The summed E-state index contributed by atoms with van der Waals surface area (Å²) in [5, 5.41) is 4.32. The second-order valence-corrected chi connectivity index (χ2v) is 10.0. The number of nitrogens with zero attached hydrogens (tertiary/aromatic N) is 2. The summed E-state index contributed by atoms with van der Waals surface area (Å²) in [5.74, 6) is 0.843. The van der Waals surface area contributed by atoms with Gasteiger partial charge >= 0.3 is 0 Å². The van der Waals surface area contributed by atoms with Crippen LogP contribution in [0.4, 0.5) is 17.2 Å². The molecule has 0 unspecified atom stereocenters. The van der Waals surface area contributed by atoms with E-state index in [4.69, 9.17) is 12.2 Å². The van der Waals surface area contributed by atoms with E-state index in [-0.39, 0.29) is 5.78 Å². The molecule has 1 heterocycles. The molecule has 7 rings (SSSR count). The molecule has 3 nitrogen and oxygen atoms in total. The summed E-state index contributed by atoms with van der Waals surface area (Å²) in [7, 11) is 0. The van der Waals surface area contributed by atoms with Gasteiger partial charge in [-0.25, -0.2) is 4.98 Å². The number of carbonyl (C=O) groups excluding carboxylic acids is 1. The maximum atomic E-state index is 13.3. The molecular formula is C35H22N2OS. The Morgan fingerprint density at radius 1 is 0.615 bits per heavy atom. The average Bonchev–Trinajstić information content (AvgIpc) is 3.21. The van der Waals surface area contributed by atoms with E-state index in [0.29, 0.717) is 16.0 Å². The van der Waals surface area contributed by atoms with Crippen LogP contribution in [0.15, 0.2) is 133 Å². The van der Waals surface area contributed by atoms with Crippen LogP contribution in [0.3, 0.4) is 0 Å². The highest BCUT2D eigenvalue weighted by molar-refractivity contribution is 7.81. The molecule has 184 valence electrons. The molecule has 0 fully saturated rings. The highest BCUT2D eigenvalue weighted by Gasteiger charge is 2.30. The molecule has 0 atom stereocenters. The van der Waals surface area contributed by atoms with Crippen molar-refractivity contribution in [3.63, 3.8) is 0 Å². The van der Waals surface area contributed by atoms with E-state index >= 15 is 0 Å². The zero-order valence-corrected chi connectivity index (χ0v) is 21.7. The number of aromatic nitrogens is 1. The van der Waals surface area contributed by atoms with E-state index in [2.05, 4.69) is 58.4 Å². The lowest BCUT2D eigenvalue weighted by Crippen LogP contribution is -2.11. The Morgan fingerprint density at radius 3 is 2.05 bits per heavy atom. The van der Waals surface area contributed by atoms with E-state index in [0.717, 1.165) is 49.9 Å². The average molecular weight is 519 g/mol. The number of ketones is 1. The van der Waals surface area contributed by atoms with Crippen LogP contribution in [-0.2, 0) is 0 Å². The van der Waals surface area contributed by atoms with E-state index in [1.165, 1.54) is 0 Å². The number of para-hydroxylation sites is 1. The number of benzene rings is 5. The summed E-state index contributed by atoms with van der Waals surface area (Å²) in [5.41, 5.74) is 5.12. The van der Waals surface area contributed by atoms with Gasteiger partial charge in [-0.2, -0.15) is 0 Å². The summed E-state index contributed by atoms with van der Waals surface area (Å²) in [4.78, 5) is 20.7. The van der Waals surface area contributed by atoms with Crippen LogP contribution in [0.5, 0.6) is 0 Å². The van der Waals surface area contributed by atoms with E-state index in [1.807, 2.05) is 85.1 Å². The fourth-order valence-corrected chi connectivity index (χ4v) is 5.58. The van der Waals surface area contributed by atoms with E-state index < -0.39 is 0 Å². The Morgan fingerprint density at radius 2 is 1.28 bits per heavy atom. The Balaban J connectivity index is 1.26. The van der Waals surface area contributed by atoms with Gasteiger partial charge < -0.3 is 0 Å². The lowest BCUT2D eigenvalue weighted by atomic mass is 10.0. The molecule has 1 aliphatic carbocycles. The van der Waals surface area contributed by atoms with Gasteiger partial charge in [0.25, 0.3) is 0 Å². The number of anilines is 3. The van der Waals surface area contributed by atoms with E-state index in [1.54, 1.807) is 0 Å². The van der Waals surface area contributed by atoms with Crippen molar-refractivity contribution in [1.82, 2.24) is 4.98 Å². The van der Waals surface area contributed by atoms with Gasteiger partial charge in [0.15, 0.2) is 5.78 Å². The van der Waals surface area contributed by atoms with Crippen molar-refractivity contribution in [3.8, 4) is 0 Å². The molecule has 0 radical (unpaired) electrons. The van der Waals surface area contributed by atoms with Crippen LogP contribution in [-0.4, -0.2) is 15.6 Å². The number of pyridine rings is 1. The molecule has 5 aromatic carbocycles. The molecule has 1 aliphatic rings. The first-order valence-corrected chi connectivity index (χ1v) is 13.2. The Labute approximate surface area is 231 Å². The van der Waals surface area contributed by atoms with Crippen molar-refractivity contribution in [2.45, 2.75) is 0 Å². The van der Waals surface area contributed by atoms with Gasteiger partial charge in [-0.15, -0.1) is 0 Å². The zero-order chi connectivity index (χ0) is 26.3. The number of Topliss-reactive ketones (excluding diaryl/α,β-unsaturated/α-hetero) is 1. The third-order valence-electron chi connectivity index (χ3n) is 7.17. The minimum absolute atomic E-state index is 0.00920. The molecule has 39 heavy (non-hydrogen) atoms. The number of thiocarbonyl (C=S) groups is 1. The third-order valence-corrected chi connectivity index (χ3v) is 7.61. The van der Waals surface area contributed by atoms with E-state index in [9.17, 15) is 4.79 Å². The molecule has 6 aromatic rings. The standard InChI is InChI=1S/C35H22N2OS/c38-34-30-21-24-8-4-5-9-25(24)22-31(30)35(39)32(34)19-23-13-14-27-20-29(16-15-26(27)18-23)37(28-10-2-1-3-11-28)33-12-6-7-17-36-33/h1-22H. The van der Waals surface area contributed by atoms with Crippen LogP contribution < -0.4 is 4.90 Å². The first-order valence-electron chi connectivity index (χ1n) is 12.8. The quantitative estimate of drug-likeness (QED) is 0.172. The molecular weight excluding hydrogens is 496 g/mol. The molecule has 1 aromatic heterocycles. The van der Waals surface area contributed by atoms with Crippen molar-refractivity contribution >= 4 is 67.7 Å². The summed E-state index contributed by atoms with van der Waals surface area (Å²) in [6.07, 6.45) is 3.73. The minimum atomic E-state index is -0.00920.